The Kier molecular flexibility index (Phi) is 3.47. The van der Waals surface area contributed by atoms with Crippen LogP contribution in [0, 0.1) is 3.57 Å². The average molecular weight is 400 g/mol. The Morgan fingerprint density at radius 2 is 2.05 bits per heavy atom. The van der Waals surface area contributed by atoms with E-state index in [4.69, 9.17) is 22.1 Å². The number of benzene rings is 2. The van der Waals surface area contributed by atoms with Gasteiger partial charge in [-0.05, 0) is 52.9 Å². The Morgan fingerprint density at radius 3 is 2.75 bits per heavy atom. The number of hydrogen-bond acceptors (Lipinski definition) is 3. The van der Waals surface area contributed by atoms with Crippen LogP contribution >= 0.6 is 34.2 Å². The van der Waals surface area contributed by atoms with Gasteiger partial charge in [0.2, 0.25) is 5.95 Å². The van der Waals surface area contributed by atoms with Crippen molar-refractivity contribution in [3.63, 3.8) is 0 Å². The molecule has 4 nitrogen and oxygen atoms in total. The van der Waals surface area contributed by atoms with Gasteiger partial charge in [0.15, 0.2) is 0 Å². The third-order valence-corrected chi connectivity index (χ3v) is 4.01. The summed E-state index contributed by atoms with van der Waals surface area (Å²) in [5.74, 6) is 1.15. The van der Waals surface area contributed by atoms with E-state index >= 15 is 0 Å². The molecule has 102 valence electrons. The predicted octanol–water partition coefficient (Wildman–Crippen LogP) is 3.87. The van der Waals surface area contributed by atoms with Gasteiger partial charge in [-0.15, -0.1) is 0 Å². The first-order valence-electron chi connectivity index (χ1n) is 5.87. The van der Waals surface area contributed by atoms with Gasteiger partial charge in [0.25, 0.3) is 0 Å². The Morgan fingerprint density at radius 1 is 1.25 bits per heavy atom. The first kappa shape index (κ1) is 13.5. The van der Waals surface area contributed by atoms with Crippen LogP contribution in [-0.4, -0.2) is 16.7 Å². The largest absolute Gasteiger partial charge is 0.497 e. The van der Waals surface area contributed by atoms with Gasteiger partial charge in [-0.25, -0.2) is 4.98 Å². The molecule has 0 atom stereocenters. The molecular weight excluding hydrogens is 389 g/mol. The zero-order chi connectivity index (χ0) is 14.3. The highest BCUT2D eigenvalue weighted by Gasteiger charge is 2.13. The number of methoxy groups -OCH3 is 1. The summed E-state index contributed by atoms with van der Waals surface area (Å²) in [7, 11) is 1.63. The van der Waals surface area contributed by atoms with Gasteiger partial charge in [-0.1, -0.05) is 11.6 Å². The number of imidazole rings is 1. The van der Waals surface area contributed by atoms with Gasteiger partial charge >= 0.3 is 0 Å². The van der Waals surface area contributed by atoms with Crippen molar-refractivity contribution < 1.29 is 4.74 Å². The fourth-order valence-electron chi connectivity index (χ4n) is 2.12. The number of hydrogen-bond donors (Lipinski definition) is 1. The maximum absolute atomic E-state index is 6.33. The fraction of sp³-hybridized carbons (Fsp3) is 0.0714. The summed E-state index contributed by atoms with van der Waals surface area (Å²) in [4.78, 5) is 4.35. The fourth-order valence-corrected chi connectivity index (χ4v) is 3.06. The number of halogens is 2. The van der Waals surface area contributed by atoms with Crippen molar-refractivity contribution >= 4 is 51.2 Å². The SMILES string of the molecule is COc1ccc2nc(N)n(-c3ccc(I)cc3Cl)c2c1. The van der Waals surface area contributed by atoms with Crippen molar-refractivity contribution in [2.24, 2.45) is 0 Å². The first-order chi connectivity index (χ1) is 9.60. The van der Waals surface area contributed by atoms with Crippen molar-refractivity contribution in [2.45, 2.75) is 0 Å². The van der Waals surface area contributed by atoms with E-state index in [2.05, 4.69) is 27.6 Å². The molecule has 0 aliphatic heterocycles. The molecule has 1 aromatic heterocycles. The normalized spacial score (nSPS) is 10.9. The topological polar surface area (TPSA) is 53.1 Å². The van der Waals surface area contributed by atoms with Gasteiger partial charge in [-0.3, -0.25) is 4.57 Å². The third kappa shape index (κ3) is 2.20. The van der Waals surface area contributed by atoms with Crippen LogP contribution in [0.4, 0.5) is 5.95 Å². The summed E-state index contributed by atoms with van der Waals surface area (Å²) in [6.07, 6.45) is 0. The number of aromatic nitrogens is 2. The van der Waals surface area contributed by atoms with Crippen molar-refractivity contribution in [2.75, 3.05) is 12.8 Å². The van der Waals surface area contributed by atoms with E-state index < -0.39 is 0 Å². The van der Waals surface area contributed by atoms with Crippen LogP contribution in [0.3, 0.4) is 0 Å². The van der Waals surface area contributed by atoms with E-state index in [0.717, 1.165) is 26.0 Å². The van der Waals surface area contributed by atoms with Crippen molar-refractivity contribution in [1.82, 2.24) is 9.55 Å². The minimum Gasteiger partial charge on any atom is -0.497 e. The van der Waals surface area contributed by atoms with E-state index in [1.54, 1.807) is 7.11 Å². The minimum atomic E-state index is 0.399. The molecule has 0 radical (unpaired) electrons. The standard InChI is InChI=1S/C14H11ClIN3O/c1-20-9-3-4-11-13(7-9)19(14(17)18-11)12-5-2-8(16)6-10(12)15/h2-7H,1H3,(H2,17,18). The molecule has 3 aromatic rings. The number of nitrogens with two attached hydrogens (primary N) is 1. The van der Waals surface area contributed by atoms with E-state index in [9.17, 15) is 0 Å². The molecule has 6 heteroatoms. The first-order valence-corrected chi connectivity index (χ1v) is 7.33. The summed E-state index contributed by atoms with van der Waals surface area (Å²) in [5.41, 5.74) is 8.51. The van der Waals surface area contributed by atoms with Crippen molar-refractivity contribution in [1.29, 1.82) is 0 Å². The number of nitrogen functional groups attached to an aromatic ring is 1. The average Bonchev–Trinajstić information content (AvgIpc) is 2.74. The molecule has 0 amide bonds. The number of rotatable bonds is 2. The summed E-state index contributed by atoms with van der Waals surface area (Å²) < 4.78 is 8.15. The van der Waals surface area contributed by atoms with Gasteiger partial charge < -0.3 is 10.5 Å². The molecule has 2 aromatic carbocycles. The second-order valence-corrected chi connectivity index (χ2v) is 5.91. The quantitative estimate of drug-likeness (QED) is 0.666. The molecule has 0 unspecified atom stereocenters. The van der Waals surface area contributed by atoms with Crippen LogP contribution in [0.5, 0.6) is 5.75 Å². The number of fused-ring (bicyclic) bond motifs is 1. The van der Waals surface area contributed by atoms with Gasteiger partial charge in [-0.2, -0.15) is 0 Å². The number of ether oxygens (including phenoxy) is 1. The lowest BCUT2D eigenvalue weighted by Crippen LogP contribution is -2.01. The Balaban J connectivity index is 2.31. The van der Waals surface area contributed by atoms with Crippen LogP contribution in [-0.2, 0) is 0 Å². The lowest BCUT2D eigenvalue weighted by Gasteiger charge is -2.09. The highest BCUT2D eigenvalue weighted by atomic mass is 127. The molecular formula is C14H11ClIN3O. The molecule has 3 rings (SSSR count). The molecule has 2 N–H and O–H groups in total. The van der Waals surface area contributed by atoms with Crippen molar-refractivity contribution in [3.05, 3.63) is 45.0 Å². The molecule has 0 saturated heterocycles. The summed E-state index contributed by atoms with van der Waals surface area (Å²) >= 11 is 8.54. The zero-order valence-corrected chi connectivity index (χ0v) is 13.5. The molecule has 0 spiro atoms. The molecule has 0 saturated carbocycles. The molecule has 20 heavy (non-hydrogen) atoms. The Labute approximate surface area is 134 Å². The van der Waals surface area contributed by atoms with Gasteiger partial charge in [0, 0.05) is 9.64 Å². The van der Waals surface area contributed by atoms with Gasteiger partial charge in [0.05, 0.1) is 28.9 Å². The number of nitrogens with zero attached hydrogens (tertiary/aromatic N) is 2. The lowest BCUT2D eigenvalue weighted by molar-refractivity contribution is 0.415. The molecule has 1 heterocycles. The predicted molar refractivity (Wildman–Crippen MR) is 89.8 cm³/mol. The lowest BCUT2D eigenvalue weighted by atomic mass is 10.2. The highest BCUT2D eigenvalue weighted by Crippen LogP contribution is 2.30. The van der Waals surface area contributed by atoms with Crippen LogP contribution < -0.4 is 10.5 Å². The minimum absolute atomic E-state index is 0.399. The molecule has 0 aliphatic carbocycles. The van der Waals surface area contributed by atoms with Crippen molar-refractivity contribution in [3.8, 4) is 11.4 Å². The molecule has 0 bridgehead atoms. The van der Waals surface area contributed by atoms with Crippen LogP contribution in [0.2, 0.25) is 5.02 Å². The second-order valence-electron chi connectivity index (χ2n) is 4.26. The maximum atomic E-state index is 6.33. The van der Waals surface area contributed by atoms with E-state index in [1.165, 1.54) is 0 Å². The molecule has 0 fully saturated rings. The second kappa shape index (κ2) is 5.14. The zero-order valence-electron chi connectivity index (χ0n) is 10.6. The Bertz CT molecular complexity index is 800. The van der Waals surface area contributed by atoms with E-state index in [1.807, 2.05) is 41.0 Å². The summed E-state index contributed by atoms with van der Waals surface area (Å²) in [5, 5.41) is 0.630. The smallest absolute Gasteiger partial charge is 0.205 e. The third-order valence-electron chi connectivity index (χ3n) is 3.04. The van der Waals surface area contributed by atoms with Gasteiger partial charge in [0.1, 0.15) is 5.75 Å². The summed E-state index contributed by atoms with van der Waals surface area (Å²) in [6, 6.07) is 11.4. The number of anilines is 1. The van der Waals surface area contributed by atoms with Crippen LogP contribution in [0.15, 0.2) is 36.4 Å². The van der Waals surface area contributed by atoms with Crippen LogP contribution in [0.1, 0.15) is 0 Å². The highest BCUT2D eigenvalue weighted by molar-refractivity contribution is 14.1. The van der Waals surface area contributed by atoms with E-state index in [-0.39, 0.29) is 0 Å². The van der Waals surface area contributed by atoms with E-state index in [0.29, 0.717) is 11.0 Å². The van der Waals surface area contributed by atoms with Crippen LogP contribution in [0.25, 0.3) is 16.7 Å². The monoisotopic (exact) mass is 399 g/mol. The summed E-state index contributed by atoms with van der Waals surface area (Å²) in [6.45, 7) is 0. The maximum Gasteiger partial charge on any atom is 0.205 e. The Hall–Kier alpha value is -1.47. The molecule has 0 aliphatic rings.